The van der Waals surface area contributed by atoms with E-state index in [9.17, 15) is 18.0 Å². The maximum atomic E-state index is 12.5. The summed E-state index contributed by atoms with van der Waals surface area (Å²) in [5.41, 5.74) is 4.87. The van der Waals surface area contributed by atoms with Crippen LogP contribution in [0.4, 0.5) is 0 Å². The van der Waals surface area contributed by atoms with Gasteiger partial charge in [0.15, 0.2) is 9.84 Å². The van der Waals surface area contributed by atoms with E-state index in [0.29, 0.717) is 5.75 Å². The van der Waals surface area contributed by atoms with Gasteiger partial charge in [-0.25, -0.2) is 13.4 Å². The molecule has 0 spiro atoms. The van der Waals surface area contributed by atoms with Crippen LogP contribution < -0.4 is 15.6 Å². The third kappa shape index (κ3) is 5.43. The fraction of sp³-hybridized carbons (Fsp3) is 0.0500. The van der Waals surface area contributed by atoms with Crippen LogP contribution in [-0.2, 0) is 9.84 Å². The van der Waals surface area contributed by atoms with Crippen LogP contribution in [0.15, 0.2) is 76.2 Å². The van der Waals surface area contributed by atoms with E-state index in [0.717, 1.165) is 10.7 Å². The van der Waals surface area contributed by atoms with E-state index < -0.39 is 21.7 Å². The van der Waals surface area contributed by atoms with Crippen molar-refractivity contribution >= 4 is 37.6 Å². The number of aromatic nitrogens is 1. The van der Waals surface area contributed by atoms with Crippen molar-refractivity contribution in [3.63, 3.8) is 0 Å². The Labute approximate surface area is 181 Å². The lowest BCUT2D eigenvalue weighted by Crippen LogP contribution is -2.41. The Morgan fingerprint density at radius 3 is 2.20 bits per heavy atom. The molecule has 0 aliphatic carbocycles. The number of hydrogen-bond acceptors (Lipinski definition) is 6. The SMILES string of the molecule is CS(=O)(=O)c1ccc(C(=O)NNC(=O)c2cccnc2Oc2ccc(Br)cc2)cc1. The van der Waals surface area contributed by atoms with Gasteiger partial charge in [-0.15, -0.1) is 0 Å². The van der Waals surface area contributed by atoms with Crippen molar-refractivity contribution in [1.82, 2.24) is 15.8 Å². The van der Waals surface area contributed by atoms with Gasteiger partial charge in [0.1, 0.15) is 11.3 Å². The second-order valence-corrected chi connectivity index (χ2v) is 9.05. The van der Waals surface area contributed by atoms with Crippen LogP contribution in [0, 0.1) is 0 Å². The highest BCUT2D eigenvalue weighted by molar-refractivity contribution is 9.10. The van der Waals surface area contributed by atoms with Gasteiger partial charge in [-0.1, -0.05) is 15.9 Å². The molecule has 3 aromatic rings. The summed E-state index contributed by atoms with van der Waals surface area (Å²) in [4.78, 5) is 28.9. The molecule has 0 atom stereocenters. The van der Waals surface area contributed by atoms with Gasteiger partial charge in [0.25, 0.3) is 11.8 Å². The number of carbonyl (C=O) groups excluding carboxylic acids is 2. The van der Waals surface area contributed by atoms with Crippen molar-refractivity contribution in [1.29, 1.82) is 0 Å². The first-order valence-corrected chi connectivity index (χ1v) is 11.2. The van der Waals surface area contributed by atoms with Crippen LogP contribution in [0.25, 0.3) is 0 Å². The number of nitrogens with one attached hydrogen (secondary N) is 2. The number of sulfone groups is 1. The molecule has 2 amide bonds. The minimum absolute atomic E-state index is 0.0732. The van der Waals surface area contributed by atoms with Crippen LogP contribution in [0.2, 0.25) is 0 Å². The van der Waals surface area contributed by atoms with Crippen molar-refractivity contribution in [2.24, 2.45) is 0 Å². The predicted octanol–water partition coefficient (Wildman–Crippen LogP) is 3.11. The number of benzene rings is 2. The van der Waals surface area contributed by atoms with E-state index in [-0.39, 0.29) is 21.9 Å². The number of pyridine rings is 1. The van der Waals surface area contributed by atoms with Gasteiger partial charge in [-0.2, -0.15) is 0 Å². The first kappa shape index (κ1) is 21.5. The van der Waals surface area contributed by atoms with Gasteiger partial charge in [0.2, 0.25) is 5.88 Å². The Hall–Kier alpha value is -3.24. The van der Waals surface area contributed by atoms with Crippen LogP contribution in [-0.4, -0.2) is 31.5 Å². The molecule has 0 saturated carbocycles. The van der Waals surface area contributed by atoms with Crippen LogP contribution in [0.1, 0.15) is 20.7 Å². The van der Waals surface area contributed by atoms with Crippen LogP contribution >= 0.6 is 15.9 Å². The number of rotatable bonds is 5. The number of halogens is 1. The first-order valence-electron chi connectivity index (χ1n) is 8.53. The Kier molecular flexibility index (Phi) is 6.48. The van der Waals surface area contributed by atoms with Crippen molar-refractivity contribution < 1.29 is 22.7 Å². The van der Waals surface area contributed by atoms with Crippen molar-refractivity contribution in [3.05, 3.63) is 82.5 Å². The zero-order valence-corrected chi connectivity index (χ0v) is 18.0. The quantitative estimate of drug-likeness (QED) is 0.532. The predicted molar refractivity (Wildman–Crippen MR) is 113 cm³/mol. The summed E-state index contributed by atoms with van der Waals surface area (Å²) in [7, 11) is -3.37. The van der Waals surface area contributed by atoms with Crippen molar-refractivity contribution in [3.8, 4) is 11.6 Å². The molecule has 1 heterocycles. The highest BCUT2D eigenvalue weighted by Crippen LogP contribution is 2.24. The molecular formula is C20H16BrN3O5S. The third-order valence-electron chi connectivity index (χ3n) is 3.88. The lowest BCUT2D eigenvalue weighted by atomic mass is 10.2. The lowest BCUT2D eigenvalue weighted by Gasteiger charge is -2.11. The van der Waals surface area contributed by atoms with Crippen LogP contribution in [0.3, 0.4) is 0 Å². The monoisotopic (exact) mass is 489 g/mol. The standard InChI is InChI=1S/C20H16BrN3O5S/c1-30(27,28)16-10-4-13(5-11-16)18(25)23-24-19(26)17-3-2-12-22-20(17)29-15-8-6-14(21)7-9-15/h2-12H,1H3,(H,23,25)(H,24,26). The number of amides is 2. The van der Waals surface area contributed by atoms with Gasteiger partial charge in [0, 0.05) is 22.5 Å². The molecule has 10 heteroatoms. The summed E-state index contributed by atoms with van der Waals surface area (Å²) in [6, 6.07) is 15.4. The summed E-state index contributed by atoms with van der Waals surface area (Å²) in [5, 5.41) is 0. The molecule has 2 N–H and O–H groups in total. The summed E-state index contributed by atoms with van der Waals surface area (Å²) < 4.78 is 29.5. The number of hydrazine groups is 1. The van der Waals surface area contributed by atoms with Crippen molar-refractivity contribution in [2.75, 3.05) is 6.26 Å². The topological polar surface area (TPSA) is 114 Å². The fourth-order valence-electron chi connectivity index (χ4n) is 2.37. The molecule has 154 valence electrons. The van der Waals surface area contributed by atoms with Gasteiger partial charge in [-0.3, -0.25) is 20.4 Å². The Bertz CT molecular complexity index is 1180. The molecule has 0 radical (unpaired) electrons. The number of carbonyl (C=O) groups is 2. The van der Waals surface area contributed by atoms with E-state index in [2.05, 4.69) is 31.8 Å². The smallest absolute Gasteiger partial charge is 0.275 e. The minimum atomic E-state index is -3.37. The minimum Gasteiger partial charge on any atom is -0.438 e. The first-order chi connectivity index (χ1) is 14.2. The molecule has 1 aromatic heterocycles. The molecule has 0 bridgehead atoms. The summed E-state index contributed by atoms with van der Waals surface area (Å²) in [6.07, 6.45) is 2.55. The summed E-state index contributed by atoms with van der Waals surface area (Å²) >= 11 is 3.33. The second-order valence-electron chi connectivity index (χ2n) is 6.12. The van der Waals surface area contributed by atoms with E-state index in [1.807, 2.05) is 0 Å². The van der Waals surface area contributed by atoms with E-state index in [1.165, 1.54) is 36.5 Å². The maximum absolute atomic E-state index is 12.5. The Balaban J connectivity index is 1.67. The van der Waals surface area contributed by atoms with E-state index in [1.54, 1.807) is 30.3 Å². The summed E-state index contributed by atoms with van der Waals surface area (Å²) in [5.74, 6) is -0.677. The molecule has 0 fully saturated rings. The molecule has 0 aliphatic heterocycles. The Morgan fingerprint density at radius 1 is 0.933 bits per heavy atom. The molecule has 0 saturated heterocycles. The lowest BCUT2D eigenvalue weighted by molar-refractivity contribution is 0.0845. The molecular weight excluding hydrogens is 474 g/mol. The fourth-order valence-corrected chi connectivity index (χ4v) is 3.26. The van der Waals surface area contributed by atoms with Gasteiger partial charge >= 0.3 is 0 Å². The normalized spacial score (nSPS) is 10.9. The maximum Gasteiger partial charge on any atom is 0.275 e. The van der Waals surface area contributed by atoms with Crippen molar-refractivity contribution in [2.45, 2.75) is 4.90 Å². The molecule has 8 nitrogen and oxygen atoms in total. The van der Waals surface area contributed by atoms with E-state index >= 15 is 0 Å². The van der Waals surface area contributed by atoms with Gasteiger partial charge in [0.05, 0.1) is 4.90 Å². The molecule has 3 rings (SSSR count). The van der Waals surface area contributed by atoms with Gasteiger partial charge in [-0.05, 0) is 60.7 Å². The number of hydrogen-bond donors (Lipinski definition) is 2. The number of nitrogens with zero attached hydrogens (tertiary/aromatic N) is 1. The molecule has 0 unspecified atom stereocenters. The molecule has 30 heavy (non-hydrogen) atoms. The average molecular weight is 490 g/mol. The van der Waals surface area contributed by atoms with E-state index in [4.69, 9.17) is 4.74 Å². The molecule has 2 aromatic carbocycles. The largest absolute Gasteiger partial charge is 0.438 e. The Morgan fingerprint density at radius 2 is 1.57 bits per heavy atom. The summed E-state index contributed by atoms with van der Waals surface area (Å²) in [6.45, 7) is 0. The average Bonchev–Trinajstić information content (AvgIpc) is 2.73. The van der Waals surface area contributed by atoms with Gasteiger partial charge < -0.3 is 4.74 Å². The third-order valence-corrected chi connectivity index (χ3v) is 5.54. The highest BCUT2D eigenvalue weighted by atomic mass is 79.9. The second kappa shape index (κ2) is 9.06. The zero-order valence-electron chi connectivity index (χ0n) is 15.6. The highest BCUT2D eigenvalue weighted by Gasteiger charge is 2.16. The zero-order chi connectivity index (χ0) is 21.7. The molecule has 0 aliphatic rings. The number of ether oxygens (including phenoxy) is 1. The van der Waals surface area contributed by atoms with Crippen LogP contribution in [0.5, 0.6) is 11.6 Å².